The molecule has 0 aliphatic carbocycles. The Labute approximate surface area is 103 Å². The van der Waals surface area contributed by atoms with Gasteiger partial charge in [0.2, 0.25) is 5.65 Å². The number of aliphatic hydroxyl groups is 3. The molecular weight excluding hydrogens is 238 g/mol. The Morgan fingerprint density at radius 3 is 2.50 bits per heavy atom. The van der Waals surface area contributed by atoms with E-state index in [2.05, 4.69) is 20.5 Å². The number of fused-ring (bicyclic) bond motifs is 1. The highest BCUT2D eigenvalue weighted by Gasteiger charge is 2.29. The number of nitrogens with one attached hydrogen (secondary N) is 1. The molecule has 0 aromatic carbocycles. The lowest BCUT2D eigenvalue weighted by atomic mass is 10.0. The van der Waals surface area contributed by atoms with Gasteiger partial charge in [-0.25, -0.2) is 4.98 Å². The molecule has 0 unspecified atom stereocenters. The van der Waals surface area contributed by atoms with E-state index in [0.29, 0.717) is 17.3 Å². The van der Waals surface area contributed by atoms with Gasteiger partial charge in [-0.1, -0.05) is 0 Å². The summed E-state index contributed by atoms with van der Waals surface area (Å²) in [6.07, 6.45) is 3.25. The van der Waals surface area contributed by atoms with Crippen molar-refractivity contribution >= 4 is 11.5 Å². The fourth-order valence-corrected chi connectivity index (χ4v) is 1.55. The lowest BCUT2D eigenvalue weighted by molar-refractivity contribution is 0.0831. The van der Waals surface area contributed by atoms with Crippen molar-refractivity contribution in [1.82, 2.24) is 19.6 Å². The smallest absolute Gasteiger partial charge is 0.203 e. The first-order valence-electron chi connectivity index (χ1n) is 5.43. The third kappa shape index (κ3) is 2.01. The van der Waals surface area contributed by atoms with E-state index in [-0.39, 0.29) is 0 Å². The molecule has 0 aliphatic rings. The minimum absolute atomic E-state index is 0.343. The maximum atomic E-state index is 9.26. The minimum Gasteiger partial charge on any atom is -0.394 e. The summed E-state index contributed by atoms with van der Waals surface area (Å²) in [5.74, 6) is 1.04. The molecule has 0 amide bonds. The summed E-state index contributed by atoms with van der Waals surface area (Å²) >= 11 is 0. The first-order chi connectivity index (χ1) is 8.65. The monoisotopic (exact) mass is 253 g/mol. The van der Waals surface area contributed by atoms with Gasteiger partial charge >= 0.3 is 0 Å². The highest BCUT2D eigenvalue weighted by molar-refractivity contribution is 5.63. The van der Waals surface area contributed by atoms with Gasteiger partial charge in [0, 0.05) is 12.4 Å². The van der Waals surface area contributed by atoms with Crippen molar-refractivity contribution in [1.29, 1.82) is 0 Å². The fraction of sp³-hybridized carbons (Fsp3) is 0.500. The molecule has 18 heavy (non-hydrogen) atoms. The fourth-order valence-electron chi connectivity index (χ4n) is 1.55. The van der Waals surface area contributed by atoms with Gasteiger partial charge < -0.3 is 20.6 Å². The molecular formula is C10H15N5O3. The highest BCUT2D eigenvalue weighted by atomic mass is 16.3. The summed E-state index contributed by atoms with van der Waals surface area (Å²) in [7, 11) is 0. The average molecular weight is 253 g/mol. The van der Waals surface area contributed by atoms with E-state index in [1.807, 2.05) is 0 Å². The zero-order valence-corrected chi connectivity index (χ0v) is 9.91. The van der Waals surface area contributed by atoms with Crippen LogP contribution in [-0.4, -0.2) is 60.3 Å². The molecule has 0 saturated heterocycles. The van der Waals surface area contributed by atoms with E-state index in [0.717, 1.165) is 0 Å². The summed E-state index contributed by atoms with van der Waals surface area (Å²) in [5.41, 5.74) is -0.774. The molecule has 2 aromatic rings. The summed E-state index contributed by atoms with van der Waals surface area (Å²) in [6.45, 7) is 0.489. The number of aromatic nitrogens is 4. The van der Waals surface area contributed by atoms with Crippen molar-refractivity contribution in [3.8, 4) is 0 Å². The van der Waals surface area contributed by atoms with Gasteiger partial charge in [-0.05, 0) is 6.92 Å². The number of anilines is 1. The van der Waals surface area contributed by atoms with Gasteiger partial charge in [-0.15, -0.1) is 10.2 Å². The Morgan fingerprint density at radius 1 is 1.22 bits per heavy atom. The van der Waals surface area contributed by atoms with Crippen LogP contribution in [0.1, 0.15) is 5.82 Å². The van der Waals surface area contributed by atoms with Gasteiger partial charge in [-0.3, -0.25) is 4.40 Å². The SMILES string of the molecule is Cc1nnc2c(NC(CO)(CO)CO)nccn12. The lowest BCUT2D eigenvalue weighted by Crippen LogP contribution is -2.49. The van der Waals surface area contributed by atoms with E-state index >= 15 is 0 Å². The summed E-state index contributed by atoms with van der Waals surface area (Å²) in [5, 5.41) is 38.5. The average Bonchev–Trinajstić information content (AvgIpc) is 2.79. The Hall–Kier alpha value is -1.77. The van der Waals surface area contributed by atoms with E-state index in [1.165, 1.54) is 0 Å². The molecule has 8 heteroatoms. The Balaban J connectivity index is 2.42. The Kier molecular flexibility index (Phi) is 3.41. The molecule has 0 bridgehead atoms. The molecule has 0 radical (unpaired) electrons. The van der Waals surface area contributed by atoms with Crippen LogP contribution in [0.25, 0.3) is 5.65 Å². The van der Waals surface area contributed by atoms with Gasteiger partial charge in [-0.2, -0.15) is 0 Å². The van der Waals surface area contributed by atoms with Crippen LogP contribution in [0.5, 0.6) is 0 Å². The predicted molar refractivity (Wildman–Crippen MR) is 63.1 cm³/mol. The van der Waals surface area contributed by atoms with Crippen LogP contribution < -0.4 is 5.32 Å². The van der Waals surface area contributed by atoms with Crippen molar-refractivity contribution in [3.05, 3.63) is 18.2 Å². The molecule has 0 atom stereocenters. The summed E-state index contributed by atoms with van der Waals surface area (Å²) in [6, 6.07) is 0. The number of rotatable bonds is 5. The first-order valence-corrected chi connectivity index (χ1v) is 5.43. The molecule has 0 spiro atoms. The Bertz CT molecular complexity index is 529. The predicted octanol–water partition coefficient (Wildman–Crippen LogP) is -1.44. The van der Waals surface area contributed by atoms with Crippen LogP contribution in [0.3, 0.4) is 0 Å². The van der Waals surface area contributed by atoms with Gasteiger partial charge in [0.15, 0.2) is 5.82 Å². The standard InChI is InChI=1S/C10H15N5O3/c1-7-13-14-9-8(11-2-3-15(7)9)12-10(4-16,5-17)6-18/h2-3,16-18H,4-6H2,1H3,(H,11,12). The minimum atomic E-state index is -1.24. The molecule has 98 valence electrons. The molecule has 2 rings (SSSR count). The van der Waals surface area contributed by atoms with Crippen LogP contribution in [0.15, 0.2) is 12.4 Å². The molecule has 2 aromatic heterocycles. The van der Waals surface area contributed by atoms with Gasteiger partial charge in [0.25, 0.3) is 0 Å². The van der Waals surface area contributed by atoms with Crippen molar-refractivity contribution in [2.45, 2.75) is 12.5 Å². The van der Waals surface area contributed by atoms with E-state index in [9.17, 15) is 15.3 Å². The van der Waals surface area contributed by atoms with Gasteiger partial charge in [0.05, 0.1) is 19.8 Å². The van der Waals surface area contributed by atoms with Crippen molar-refractivity contribution < 1.29 is 15.3 Å². The lowest BCUT2D eigenvalue weighted by Gasteiger charge is -2.29. The highest BCUT2D eigenvalue weighted by Crippen LogP contribution is 2.17. The first kappa shape index (κ1) is 12.7. The second-order valence-electron chi connectivity index (χ2n) is 4.10. The molecule has 0 saturated carbocycles. The third-order valence-electron chi connectivity index (χ3n) is 2.79. The van der Waals surface area contributed by atoms with Crippen molar-refractivity contribution in [2.24, 2.45) is 0 Å². The second-order valence-corrected chi connectivity index (χ2v) is 4.10. The number of hydrogen-bond donors (Lipinski definition) is 4. The van der Waals surface area contributed by atoms with Crippen LogP contribution in [-0.2, 0) is 0 Å². The number of hydrogen-bond acceptors (Lipinski definition) is 7. The number of aryl methyl sites for hydroxylation is 1. The molecule has 0 fully saturated rings. The zero-order chi connectivity index (χ0) is 13.2. The summed E-state index contributed by atoms with van der Waals surface area (Å²) < 4.78 is 1.71. The maximum Gasteiger partial charge on any atom is 0.203 e. The van der Waals surface area contributed by atoms with Crippen molar-refractivity contribution in [2.75, 3.05) is 25.1 Å². The van der Waals surface area contributed by atoms with E-state index in [1.54, 1.807) is 23.7 Å². The van der Waals surface area contributed by atoms with Crippen LogP contribution in [0.2, 0.25) is 0 Å². The quantitative estimate of drug-likeness (QED) is 0.515. The van der Waals surface area contributed by atoms with Crippen LogP contribution in [0, 0.1) is 6.92 Å². The van der Waals surface area contributed by atoms with E-state index < -0.39 is 25.4 Å². The van der Waals surface area contributed by atoms with Crippen LogP contribution >= 0.6 is 0 Å². The van der Waals surface area contributed by atoms with Crippen molar-refractivity contribution in [3.63, 3.8) is 0 Å². The molecule has 4 N–H and O–H groups in total. The normalized spacial score (nSPS) is 12.0. The van der Waals surface area contributed by atoms with Gasteiger partial charge in [0.1, 0.15) is 11.4 Å². The molecule has 0 aliphatic heterocycles. The molecule has 2 heterocycles. The second kappa shape index (κ2) is 4.84. The molecule has 8 nitrogen and oxygen atoms in total. The summed E-state index contributed by atoms with van der Waals surface area (Å²) in [4.78, 5) is 4.08. The Morgan fingerprint density at radius 2 is 1.89 bits per heavy atom. The van der Waals surface area contributed by atoms with Crippen LogP contribution in [0.4, 0.5) is 5.82 Å². The third-order valence-corrected chi connectivity index (χ3v) is 2.79. The number of nitrogens with zero attached hydrogens (tertiary/aromatic N) is 4. The topological polar surface area (TPSA) is 116 Å². The maximum absolute atomic E-state index is 9.26. The largest absolute Gasteiger partial charge is 0.394 e. The number of aliphatic hydroxyl groups excluding tert-OH is 3. The van der Waals surface area contributed by atoms with E-state index in [4.69, 9.17) is 0 Å². The zero-order valence-electron chi connectivity index (χ0n) is 9.91.